The zero-order chi connectivity index (χ0) is 18.4. The highest BCUT2D eigenvalue weighted by atomic mass is 35.5. The standard InChI is InChI=1S/C16H13ClN4O3S/c1-10-4-3-5-14(17)15(10)24-13-7-11(6-12(8-13)21(22)23)20-16(25-2)19-9-18/h3-8H,1-2H3,(H,19,20). The molecule has 0 aromatic heterocycles. The number of non-ortho nitro benzene ring substituents is 1. The van der Waals surface area contributed by atoms with Crippen molar-refractivity contribution in [2.45, 2.75) is 6.92 Å². The molecule has 1 N–H and O–H groups in total. The SMILES string of the molecule is CSC(=Nc1cc(Oc2c(C)cccc2Cl)cc([N+](=O)[O-])c1)NC#N. The van der Waals surface area contributed by atoms with Crippen LogP contribution in [0.5, 0.6) is 11.5 Å². The van der Waals surface area contributed by atoms with E-state index in [1.54, 1.807) is 24.6 Å². The zero-order valence-corrected chi connectivity index (χ0v) is 14.9. The van der Waals surface area contributed by atoms with Gasteiger partial charge in [-0.05, 0) is 24.8 Å². The molecular weight excluding hydrogens is 364 g/mol. The molecular formula is C16H13ClN4O3S. The molecule has 9 heteroatoms. The fourth-order valence-electron chi connectivity index (χ4n) is 1.95. The van der Waals surface area contributed by atoms with E-state index < -0.39 is 4.92 Å². The van der Waals surface area contributed by atoms with E-state index in [-0.39, 0.29) is 17.1 Å². The number of rotatable bonds is 4. The molecule has 0 atom stereocenters. The summed E-state index contributed by atoms with van der Waals surface area (Å²) in [4.78, 5) is 14.8. The Labute approximate surface area is 153 Å². The highest BCUT2D eigenvalue weighted by molar-refractivity contribution is 8.13. The van der Waals surface area contributed by atoms with Gasteiger partial charge in [-0.2, -0.15) is 5.26 Å². The normalized spacial score (nSPS) is 10.9. The third kappa shape index (κ3) is 4.86. The van der Waals surface area contributed by atoms with Gasteiger partial charge in [-0.1, -0.05) is 35.5 Å². The molecule has 0 bridgehead atoms. The Kier molecular flexibility index (Phi) is 6.22. The summed E-state index contributed by atoms with van der Waals surface area (Å²) in [7, 11) is 0. The number of nitro benzene ring substituents is 1. The molecule has 0 aliphatic carbocycles. The lowest BCUT2D eigenvalue weighted by Crippen LogP contribution is -2.12. The van der Waals surface area contributed by atoms with Crippen LogP contribution in [0.25, 0.3) is 0 Å². The lowest BCUT2D eigenvalue weighted by atomic mass is 10.2. The van der Waals surface area contributed by atoms with Gasteiger partial charge in [0.05, 0.1) is 21.7 Å². The summed E-state index contributed by atoms with van der Waals surface area (Å²) < 4.78 is 5.75. The van der Waals surface area contributed by atoms with Gasteiger partial charge in [-0.25, -0.2) is 4.99 Å². The summed E-state index contributed by atoms with van der Waals surface area (Å²) in [5.74, 6) is 0.640. The average molecular weight is 377 g/mol. The quantitative estimate of drug-likeness (QED) is 0.206. The van der Waals surface area contributed by atoms with E-state index in [1.165, 1.54) is 30.0 Å². The summed E-state index contributed by atoms with van der Waals surface area (Å²) in [5, 5.41) is 23.0. The van der Waals surface area contributed by atoms with Crippen molar-refractivity contribution in [3.63, 3.8) is 0 Å². The van der Waals surface area contributed by atoms with Gasteiger partial charge in [0.15, 0.2) is 11.4 Å². The molecule has 0 aliphatic rings. The summed E-state index contributed by atoms with van der Waals surface area (Å²) in [5.41, 5.74) is 0.888. The van der Waals surface area contributed by atoms with E-state index >= 15 is 0 Å². The Hall–Kier alpha value is -2.76. The number of nitriles is 1. The van der Waals surface area contributed by atoms with Crippen molar-refractivity contribution < 1.29 is 9.66 Å². The zero-order valence-electron chi connectivity index (χ0n) is 13.3. The van der Waals surface area contributed by atoms with E-state index in [4.69, 9.17) is 21.6 Å². The number of nitrogens with one attached hydrogen (secondary N) is 1. The second-order valence-electron chi connectivity index (χ2n) is 4.79. The molecule has 0 spiro atoms. The second kappa shape index (κ2) is 8.37. The molecule has 2 rings (SSSR count). The van der Waals surface area contributed by atoms with Crippen molar-refractivity contribution in [2.75, 3.05) is 6.26 Å². The summed E-state index contributed by atoms with van der Waals surface area (Å²) in [6, 6.07) is 9.39. The number of benzene rings is 2. The maximum absolute atomic E-state index is 11.2. The van der Waals surface area contributed by atoms with Crippen molar-refractivity contribution in [2.24, 2.45) is 4.99 Å². The molecule has 0 saturated carbocycles. The maximum Gasteiger partial charge on any atom is 0.275 e. The Morgan fingerprint density at radius 2 is 2.20 bits per heavy atom. The van der Waals surface area contributed by atoms with Gasteiger partial charge in [-0.3, -0.25) is 15.4 Å². The number of ether oxygens (including phenoxy) is 1. The largest absolute Gasteiger partial charge is 0.455 e. The first kappa shape index (κ1) is 18.6. The minimum atomic E-state index is -0.540. The molecule has 128 valence electrons. The van der Waals surface area contributed by atoms with Crippen molar-refractivity contribution >= 4 is 39.9 Å². The van der Waals surface area contributed by atoms with E-state index in [9.17, 15) is 10.1 Å². The summed E-state index contributed by atoms with van der Waals surface area (Å²) >= 11 is 7.34. The monoisotopic (exact) mass is 376 g/mol. The predicted molar refractivity (Wildman–Crippen MR) is 98.7 cm³/mol. The summed E-state index contributed by atoms with van der Waals surface area (Å²) in [6.45, 7) is 1.82. The van der Waals surface area contributed by atoms with Crippen LogP contribution in [0.15, 0.2) is 41.4 Å². The number of amidine groups is 1. The van der Waals surface area contributed by atoms with Crippen LogP contribution in [-0.2, 0) is 0 Å². The maximum atomic E-state index is 11.2. The first-order valence-electron chi connectivity index (χ1n) is 6.95. The molecule has 0 heterocycles. The van der Waals surface area contributed by atoms with Crippen LogP contribution in [-0.4, -0.2) is 16.3 Å². The van der Waals surface area contributed by atoms with Crippen LogP contribution in [0.4, 0.5) is 11.4 Å². The van der Waals surface area contributed by atoms with E-state index in [0.717, 1.165) is 5.56 Å². The average Bonchev–Trinajstić information content (AvgIpc) is 2.57. The molecule has 2 aromatic rings. The number of aryl methyl sites for hydroxylation is 1. The number of hydrogen-bond donors (Lipinski definition) is 1. The Morgan fingerprint density at radius 3 is 2.80 bits per heavy atom. The van der Waals surface area contributed by atoms with Gasteiger partial charge in [0.25, 0.3) is 5.69 Å². The molecule has 0 fully saturated rings. The molecule has 25 heavy (non-hydrogen) atoms. The first-order valence-corrected chi connectivity index (χ1v) is 8.55. The molecule has 0 amide bonds. The van der Waals surface area contributed by atoms with E-state index in [1.807, 2.05) is 13.0 Å². The molecule has 0 saturated heterocycles. The predicted octanol–water partition coefficient (Wildman–Crippen LogP) is 4.77. The second-order valence-corrected chi connectivity index (χ2v) is 5.99. The number of hydrogen-bond acceptors (Lipinski definition) is 6. The van der Waals surface area contributed by atoms with Crippen LogP contribution in [0.3, 0.4) is 0 Å². The fourth-order valence-corrected chi connectivity index (χ4v) is 2.56. The fraction of sp³-hybridized carbons (Fsp3) is 0.125. The Bertz CT molecular complexity index is 860. The molecule has 2 aromatic carbocycles. The van der Waals surface area contributed by atoms with Crippen LogP contribution < -0.4 is 10.1 Å². The van der Waals surface area contributed by atoms with Crippen molar-refractivity contribution in [1.29, 1.82) is 5.26 Å². The van der Waals surface area contributed by atoms with Crippen LogP contribution in [0.1, 0.15) is 5.56 Å². The Balaban J connectivity index is 2.48. The summed E-state index contributed by atoms with van der Waals surface area (Å²) in [6.07, 6.45) is 3.49. The lowest BCUT2D eigenvalue weighted by Gasteiger charge is -2.11. The van der Waals surface area contributed by atoms with Gasteiger partial charge in [0, 0.05) is 12.1 Å². The third-order valence-electron chi connectivity index (χ3n) is 3.06. The number of halogens is 1. The van der Waals surface area contributed by atoms with E-state index in [0.29, 0.717) is 15.9 Å². The highest BCUT2D eigenvalue weighted by Crippen LogP contribution is 2.36. The van der Waals surface area contributed by atoms with Gasteiger partial charge >= 0.3 is 0 Å². The highest BCUT2D eigenvalue weighted by Gasteiger charge is 2.14. The van der Waals surface area contributed by atoms with Crippen molar-refractivity contribution in [1.82, 2.24) is 5.32 Å². The molecule has 0 radical (unpaired) electrons. The molecule has 0 unspecified atom stereocenters. The van der Waals surface area contributed by atoms with Crippen LogP contribution >= 0.6 is 23.4 Å². The number of thioether (sulfide) groups is 1. The van der Waals surface area contributed by atoms with Gasteiger partial charge in [0.1, 0.15) is 11.5 Å². The lowest BCUT2D eigenvalue weighted by molar-refractivity contribution is -0.384. The van der Waals surface area contributed by atoms with Gasteiger partial charge < -0.3 is 4.74 Å². The number of para-hydroxylation sites is 1. The topological polar surface area (TPSA) is 101 Å². The van der Waals surface area contributed by atoms with Gasteiger partial charge in [0.2, 0.25) is 0 Å². The number of aliphatic imine (C=N–C) groups is 1. The molecule has 0 aliphatic heterocycles. The van der Waals surface area contributed by atoms with E-state index in [2.05, 4.69) is 10.3 Å². The number of nitrogens with zero attached hydrogens (tertiary/aromatic N) is 3. The first-order chi connectivity index (χ1) is 11.9. The minimum Gasteiger partial charge on any atom is -0.455 e. The van der Waals surface area contributed by atoms with Crippen LogP contribution in [0, 0.1) is 28.5 Å². The molecule has 7 nitrogen and oxygen atoms in total. The third-order valence-corrected chi connectivity index (χ3v) is 3.94. The number of nitro groups is 1. The van der Waals surface area contributed by atoms with Crippen molar-refractivity contribution in [3.05, 3.63) is 57.1 Å². The van der Waals surface area contributed by atoms with Crippen molar-refractivity contribution in [3.8, 4) is 17.7 Å². The Morgan fingerprint density at radius 1 is 1.44 bits per heavy atom. The van der Waals surface area contributed by atoms with Gasteiger partial charge in [-0.15, -0.1) is 0 Å². The van der Waals surface area contributed by atoms with Crippen LogP contribution in [0.2, 0.25) is 5.02 Å². The minimum absolute atomic E-state index is 0.182. The smallest absolute Gasteiger partial charge is 0.275 e.